The number of hydrogen-bond donors (Lipinski definition) is 1. The molecule has 2 heteroatoms. The van der Waals surface area contributed by atoms with Crippen molar-refractivity contribution in [3.63, 3.8) is 0 Å². The van der Waals surface area contributed by atoms with Crippen molar-refractivity contribution in [3.8, 4) is 5.75 Å². The zero-order valence-electron chi connectivity index (χ0n) is 11.6. The second kappa shape index (κ2) is 6.79. The predicted octanol–water partition coefficient (Wildman–Crippen LogP) is 3.61. The Morgan fingerprint density at radius 2 is 2.17 bits per heavy atom. The Labute approximate surface area is 111 Å². The maximum absolute atomic E-state index is 5.77. The van der Waals surface area contributed by atoms with E-state index >= 15 is 0 Å². The van der Waals surface area contributed by atoms with E-state index in [0.29, 0.717) is 5.92 Å². The van der Waals surface area contributed by atoms with Crippen LogP contribution in [0.1, 0.15) is 38.7 Å². The molecule has 100 valence electrons. The first-order valence-electron chi connectivity index (χ1n) is 7.16. The minimum Gasteiger partial charge on any atom is -0.494 e. The van der Waals surface area contributed by atoms with Crippen molar-refractivity contribution in [2.45, 2.75) is 39.7 Å². The van der Waals surface area contributed by atoms with Crippen LogP contribution in [0.25, 0.3) is 0 Å². The van der Waals surface area contributed by atoms with Crippen LogP contribution in [0.2, 0.25) is 0 Å². The molecule has 2 nitrogen and oxygen atoms in total. The lowest BCUT2D eigenvalue weighted by Gasteiger charge is -2.10. The third kappa shape index (κ3) is 5.09. The highest BCUT2D eigenvalue weighted by Crippen LogP contribution is 2.27. The van der Waals surface area contributed by atoms with Crippen LogP contribution in [0.5, 0.6) is 5.75 Å². The Morgan fingerprint density at radius 1 is 1.33 bits per heavy atom. The highest BCUT2D eigenvalue weighted by atomic mass is 16.5. The molecule has 0 amide bonds. The van der Waals surface area contributed by atoms with E-state index < -0.39 is 0 Å². The van der Waals surface area contributed by atoms with Gasteiger partial charge in [-0.3, -0.25) is 0 Å². The lowest BCUT2D eigenvalue weighted by Crippen LogP contribution is -2.16. The summed E-state index contributed by atoms with van der Waals surface area (Å²) in [6.07, 6.45) is 3.93. The molecule has 1 fully saturated rings. The molecular formula is C16H25NO. The van der Waals surface area contributed by atoms with Gasteiger partial charge in [-0.1, -0.05) is 26.0 Å². The van der Waals surface area contributed by atoms with Crippen LogP contribution < -0.4 is 10.1 Å². The lowest BCUT2D eigenvalue weighted by molar-refractivity contribution is 0.289. The van der Waals surface area contributed by atoms with Gasteiger partial charge in [-0.05, 0) is 55.3 Å². The van der Waals surface area contributed by atoms with Gasteiger partial charge in [0, 0.05) is 6.54 Å². The first-order valence-corrected chi connectivity index (χ1v) is 7.16. The number of benzene rings is 1. The molecule has 0 aromatic heterocycles. The van der Waals surface area contributed by atoms with Gasteiger partial charge in [-0.2, -0.15) is 0 Å². The molecule has 0 bridgehead atoms. The summed E-state index contributed by atoms with van der Waals surface area (Å²) in [7, 11) is 0. The number of ether oxygens (including phenoxy) is 1. The van der Waals surface area contributed by atoms with E-state index in [0.717, 1.165) is 31.2 Å². The van der Waals surface area contributed by atoms with Gasteiger partial charge in [-0.15, -0.1) is 0 Å². The van der Waals surface area contributed by atoms with Crippen LogP contribution in [-0.2, 0) is 6.54 Å². The van der Waals surface area contributed by atoms with Crippen LogP contribution in [-0.4, -0.2) is 13.2 Å². The second-order valence-corrected chi connectivity index (χ2v) is 5.75. The SMILES string of the molecule is CC(C)CCOc1cccc(CNCC2CC2)c1. The molecule has 1 aliphatic rings. The van der Waals surface area contributed by atoms with E-state index in [1.165, 1.54) is 24.9 Å². The van der Waals surface area contributed by atoms with Gasteiger partial charge in [-0.25, -0.2) is 0 Å². The van der Waals surface area contributed by atoms with E-state index in [4.69, 9.17) is 4.74 Å². The standard InChI is InChI=1S/C16H25NO/c1-13(2)8-9-18-16-5-3-4-15(10-16)12-17-11-14-6-7-14/h3-5,10,13-14,17H,6-9,11-12H2,1-2H3. The van der Waals surface area contributed by atoms with E-state index in [2.05, 4.69) is 37.4 Å². The molecule has 1 aliphatic carbocycles. The minimum absolute atomic E-state index is 0.702. The van der Waals surface area contributed by atoms with Crippen LogP contribution in [0.4, 0.5) is 0 Å². The summed E-state index contributed by atoms with van der Waals surface area (Å²) in [5.41, 5.74) is 1.32. The zero-order chi connectivity index (χ0) is 12.8. The molecule has 0 unspecified atom stereocenters. The smallest absolute Gasteiger partial charge is 0.119 e. The predicted molar refractivity (Wildman–Crippen MR) is 75.8 cm³/mol. The van der Waals surface area contributed by atoms with Crippen molar-refractivity contribution >= 4 is 0 Å². The molecule has 0 radical (unpaired) electrons. The molecule has 0 heterocycles. The average Bonchev–Trinajstić information content (AvgIpc) is 3.13. The van der Waals surface area contributed by atoms with Crippen molar-refractivity contribution < 1.29 is 4.74 Å². The van der Waals surface area contributed by atoms with Crippen molar-refractivity contribution in [2.75, 3.05) is 13.2 Å². The van der Waals surface area contributed by atoms with Crippen molar-refractivity contribution in [1.82, 2.24) is 5.32 Å². The Balaban J connectivity index is 1.72. The summed E-state index contributed by atoms with van der Waals surface area (Å²) in [6, 6.07) is 8.44. The van der Waals surface area contributed by atoms with E-state index in [9.17, 15) is 0 Å². The van der Waals surface area contributed by atoms with E-state index in [-0.39, 0.29) is 0 Å². The molecular weight excluding hydrogens is 222 g/mol. The average molecular weight is 247 g/mol. The summed E-state index contributed by atoms with van der Waals surface area (Å²) in [4.78, 5) is 0. The van der Waals surface area contributed by atoms with Crippen LogP contribution >= 0.6 is 0 Å². The van der Waals surface area contributed by atoms with E-state index in [1.54, 1.807) is 0 Å². The molecule has 0 aliphatic heterocycles. The maximum atomic E-state index is 5.77. The first kappa shape index (κ1) is 13.4. The normalized spacial score (nSPS) is 15.1. The fourth-order valence-electron chi connectivity index (χ4n) is 1.90. The van der Waals surface area contributed by atoms with Crippen LogP contribution in [0.3, 0.4) is 0 Å². The van der Waals surface area contributed by atoms with Gasteiger partial charge in [0.1, 0.15) is 5.75 Å². The topological polar surface area (TPSA) is 21.3 Å². The molecule has 2 rings (SSSR count). The molecule has 18 heavy (non-hydrogen) atoms. The fourth-order valence-corrected chi connectivity index (χ4v) is 1.90. The largest absolute Gasteiger partial charge is 0.494 e. The first-order chi connectivity index (χ1) is 8.74. The number of nitrogens with one attached hydrogen (secondary N) is 1. The quantitative estimate of drug-likeness (QED) is 0.757. The minimum atomic E-state index is 0.702. The third-order valence-electron chi connectivity index (χ3n) is 3.32. The van der Waals surface area contributed by atoms with E-state index in [1.807, 2.05) is 6.07 Å². The molecule has 1 aromatic carbocycles. The van der Waals surface area contributed by atoms with Gasteiger partial charge >= 0.3 is 0 Å². The monoisotopic (exact) mass is 247 g/mol. The molecule has 1 saturated carbocycles. The highest BCUT2D eigenvalue weighted by molar-refractivity contribution is 5.28. The Morgan fingerprint density at radius 3 is 2.89 bits per heavy atom. The molecule has 1 N–H and O–H groups in total. The van der Waals surface area contributed by atoms with Crippen molar-refractivity contribution in [3.05, 3.63) is 29.8 Å². The van der Waals surface area contributed by atoms with Crippen molar-refractivity contribution in [1.29, 1.82) is 0 Å². The Hall–Kier alpha value is -1.02. The zero-order valence-corrected chi connectivity index (χ0v) is 11.6. The molecule has 1 aromatic rings. The molecule has 0 saturated heterocycles. The highest BCUT2D eigenvalue weighted by Gasteiger charge is 2.20. The molecule has 0 atom stereocenters. The number of rotatable bonds is 8. The fraction of sp³-hybridized carbons (Fsp3) is 0.625. The third-order valence-corrected chi connectivity index (χ3v) is 3.32. The van der Waals surface area contributed by atoms with Crippen LogP contribution in [0, 0.1) is 11.8 Å². The summed E-state index contributed by atoms with van der Waals surface area (Å²) in [5.74, 6) is 2.64. The summed E-state index contributed by atoms with van der Waals surface area (Å²) in [5, 5.41) is 3.51. The van der Waals surface area contributed by atoms with Gasteiger partial charge in [0.15, 0.2) is 0 Å². The van der Waals surface area contributed by atoms with Gasteiger partial charge in [0.25, 0.3) is 0 Å². The van der Waals surface area contributed by atoms with Gasteiger partial charge in [0.05, 0.1) is 6.61 Å². The summed E-state index contributed by atoms with van der Waals surface area (Å²) >= 11 is 0. The Bertz CT molecular complexity index is 335. The van der Waals surface area contributed by atoms with Crippen molar-refractivity contribution in [2.24, 2.45) is 11.8 Å². The second-order valence-electron chi connectivity index (χ2n) is 5.75. The lowest BCUT2D eigenvalue weighted by atomic mass is 10.1. The number of hydrogen-bond acceptors (Lipinski definition) is 2. The van der Waals surface area contributed by atoms with Gasteiger partial charge < -0.3 is 10.1 Å². The van der Waals surface area contributed by atoms with Crippen LogP contribution in [0.15, 0.2) is 24.3 Å². The maximum Gasteiger partial charge on any atom is 0.119 e. The van der Waals surface area contributed by atoms with Gasteiger partial charge in [0.2, 0.25) is 0 Å². The Kier molecular flexibility index (Phi) is 5.06. The molecule has 0 spiro atoms. The summed E-state index contributed by atoms with van der Waals surface area (Å²) < 4.78 is 5.77. The summed E-state index contributed by atoms with van der Waals surface area (Å²) in [6.45, 7) is 7.39.